The molecule has 0 unspecified atom stereocenters. The number of hydrogen-bond donors (Lipinski definition) is 0. The van der Waals surface area contributed by atoms with Crippen LogP contribution < -0.4 is 0 Å². The van der Waals surface area contributed by atoms with Gasteiger partial charge >= 0.3 is 0 Å². The van der Waals surface area contributed by atoms with Gasteiger partial charge in [-0.25, -0.2) is 17.6 Å². The lowest BCUT2D eigenvalue weighted by Gasteiger charge is -2.12. The lowest BCUT2D eigenvalue weighted by atomic mass is 10.1. The van der Waals surface area contributed by atoms with Gasteiger partial charge in [-0.1, -0.05) is 63.7 Å². The zero-order valence-electron chi connectivity index (χ0n) is 29.1. The molecule has 6 aromatic carbocycles. The van der Waals surface area contributed by atoms with Crippen molar-refractivity contribution in [3.8, 4) is 0 Å². The van der Waals surface area contributed by atoms with E-state index in [-0.39, 0.29) is 23.3 Å². The average Bonchev–Trinajstić information content (AvgIpc) is 3.14. The van der Waals surface area contributed by atoms with Crippen LogP contribution in [0.5, 0.6) is 0 Å². The second-order valence-electron chi connectivity index (χ2n) is 12.1. The molecule has 6 rings (SSSR count). The Morgan fingerprint density at radius 2 is 0.588 bits per heavy atom. The topological polar surface area (TPSA) is 0 Å². The molecule has 0 aromatic heterocycles. The summed E-state index contributed by atoms with van der Waals surface area (Å²) in [5.41, 5.74) is 2.62. The van der Waals surface area contributed by atoms with Crippen LogP contribution in [-0.4, -0.2) is 0 Å². The van der Waals surface area contributed by atoms with E-state index in [0.29, 0.717) is 47.9 Å². The molecule has 260 valence electrons. The second-order valence-corrected chi connectivity index (χ2v) is 17.3. The third-order valence-electron chi connectivity index (χ3n) is 8.92. The quantitative estimate of drug-likeness (QED) is 0.0889. The summed E-state index contributed by atoms with van der Waals surface area (Å²) in [4.78, 5) is 7.16. The Hall–Kier alpha value is -3.91. The largest absolute Gasteiger partial charge is 0.207 e. The lowest BCUT2D eigenvalue weighted by Crippen LogP contribution is -2.07. The minimum Gasteiger partial charge on any atom is -0.207 e. The highest BCUT2D eigenvalue weighted by Gasteiger charge is 2.32. The third kappa shape index (κ3) is 8.27. The van der Waals surface area contributed by atoms with Gasteiger partial charge in [0.15, 0.2) is 29.4 Å². The van der Waals surface area contributed by atoms with Gasteiger partial charge in [-0.05, 0) is 121 Å². The Morgan fingerprint density at radius 3 is 0.804 bits per heavy atom. The SMILES string of the molecule is CCc1ccc([S+](c2ccc(Sc3ccc([S+](c4ccc(CC)c(F)c4)c4ccc(CC)c(F)c4)cc3)cc2)c2ccc(CC)c(F)c2)cc1F. The zero-order chi connectivity index (χ0) is 36.1. The molecule has 0 aliphatic carbocycles. The zero-order valence-corrected chi connectivity index (χ0v) is 31.6. The summed E-state index contributed by atoms with van der Waals surface area (Å²) in [5.74, 6) is -0.989. The van der Waals surface area contributed by atoms with Crippen LogP contribution in [0.15, 0.2) is 160 Å². The van der Waals surface area contributed by atoms with Crippen molar-refractivity contribution >= 4 is 33.6 Å². The minimum atomic E-state index is -0.705. The van der Waals surface area contributed by atoms with Crippen LogP contribution in [0, 0.1) is 23.3 Å². The molecule has 0 aliphatic heterocycles. The predicted octanol–water partition coefficient (Wildman–Crippen LogP) is 12.8. The lowest BCUT2D eigenvalue weighted by molar-refractivity contribution is 0.607. The molecular weight excluding hydrogens is 701 g/mol. The smallest absolute Gasteiger partial charge is 0.169 e. The Kier molecular flexibility index (Phi) is 12.0. The van der Waals surface area contributed by atoms with E-state index in [9.17, 15) is 0 Å². The molecule has 0 bridgehead atoms. The fraction of sp³-hybridized carbons (Fsp3) is 0.182. The maximum atomic E-state index is 15.0. The summed E-state index contributed by atoms with van der Waals surface area (Å²) >= 11 is 1.61. The monoisotopic (exact) mass is 740 g/mol. The van der Waals surface area contributed by atoms with Crippen LogP contribution >= 0.6 is 11.8 Å². The number of benzene rings is 6. The van der Waals surface area contributed by atoms with E-state index in [0.717, 1.165) is 39.2 Å². The normalized spacial score (nSPS) is 11.5. The van der Waals surface area contributed by atoms with Gasteiger partial charge in [0, 0.05) is 34.1 Å². The van der Waals surface area contributed by atoms with Crippen molar-refractivity contribution in [2.24, 2.45) is 0 Å². The summed E-state index contributed by atoms with van der Waals surface area (Å²) in [6.07, 6.45) is 2.40. The van der Waals surface area contributed by atoms with Gasteiger partial charge in [0.2, 0.25) is 0 Å². The Bertz CT molecular complexity index is 1870. The maximum absolute atomic E-state index is 15.0. The van der Waals surface area contributed by atoms with Gasteiger partial charge in [-0.2, -0.15) is 0 Å². The molecular formula is C44H40F4S3+2. The third-order valence-corrected chi connectivity index (χ3v) is 14.3. The van der Waals surface area contributed by atoms with Crippen molar-refractivity contribution < 1.29 is 17.6 Å². The number of halogens is 4. The fourth-order valence-electron chi connectivity index (χ4n) is 6.01. The van der Waals surface area contributed by atoms with Crippen molar-refractivity contribution in [2.45, 2.75) is 92.5 Å². The first kappa shape index (κ1) is 36.9. The summed E-state index contributed by atoms with van der Waals surface area (Å²) < 4.78 is 60.0. The first-order valence-electron chi connectivity index (χ1n) is 17.2. The van der Waals surface area contributed by atoms with Gasteiger partial charge in [-0.15, -0.1) is 0 Å². The molecule has 0 spiro atoms. The van der Waals surface area contributed by atoms with Crippen LogP contribution in [-0.2, 0) is 47.5 Å². The fourth-order valence-corrected chi connectivity index (χ4v) is 11.0. The highest BCUT2D eigenvalue weighted by molar-refractivity contribution is 7.99. The molecule has 0 N–H and O–H groups in total. The van der Waals surface area contributed by atoms with Crippen molar-refractivity contribution in [1.29, 1.82) is 0 Å². The predicted molar refractivity (Wildman–Crippen MR) is 204 cm³/mol. The highest BCUT2D eigenvalue weighted by atomic mass is 32.2. The molecule has 0 amide bonds. The van der Waals surface area contributed by atoms with Crippen LogP contribution in [0.2, 0.25) is 0 Å². The van der Waals surface area contributed by atoms with Gasteiger partial charge in [0.1, 0.15) is 23.3 Å². The van der Waals surface area contributed by atoms with Crippen molar-refractivity contribution in [1.82, 2.24) is 0 Å². The van der Waals surface area contributed by atoms with Crippen LogP contribution in [0.25, 0.3) is 0 Å². The maximum Gasteiger partial charge on any atom is 0.169 e. The van der Waals surface area contributed by atoms with Gasteiger partial charge in [0.05, 0.1) is 21.8 Å². The first-order chi connectivity index (χ1) is 24.7. The van der Waals surface area contributed by atoms with E-state index in [1.165, 1.54) is 0 Å². The Morgan fingerprint density at radius 1 is 0.353 bits per heavy atom. The highest BCUT2D eigenvalue weighted by Crippen LogP contribution is 2.38. The van der Waals surface area contributed by atoms with Crippen molar-refractivity contribution in [2.75, 3.05) is 0 Å². The van der Waals surface area contributed by atoms with Crippen molar-refractivity contribution in [3.63, 3.8) is 0 Å². The van der Waals surface area contributed by atoms with E-state index >= 15 is 17.6 Å². The van der Waals surface area contributed by atoms with Gasteiger partial charge in [-0.3, -0.25) is 0 Å². The van der Waals surface area contributed by atoms with Crippen LogP contribution in [0.4, 0.5) is 17.6 Å². The standard InChI is InChI=1S/C44H40F4S3/c1-5-29-9-17-37(25-41(29)45)50(38-18-10-30(6-2)42(46)26-38)35-21-13-33(14-22-35)49-34-15-23-36(24-16-34)51(39-19-11-31(7-3)43(47)27-39)40-20-12-32(8-4)44(48)28-40/h9-28H,5-8H2,1-4H3/q+2. The van der Waals surface area contributed by atoms with E-state index in [1.54, 1.807) is 36.0 Å². The van der Waals surface area contributed by atoms with E-state index in [2.05, 4.69) is 0 Å². The molecule has 0 atom stereocenters. The van der Waals surface area contributed by atoms with E-state index < -0.39 is 21.8 Å². The average molecular weight is 741 g/mol. The van der Waals surface area contributed by atoms with Gasteiger partial charge in [0.25, 0.3) is 0 Å². The summed E-state index contributed by atoms with van der Waals surface area (Å²) in [7, 11) is -1.41. The Labute approximate surface area is 309 Å². The van der Waals surface area contributed by atoms with E-state index in [1.807, 2.05) is 125 Å². The summed E-state index contributed by atoms with van der Waals surface area (Å²) in [6, 6.07) is 37.8. The number of aryl methyl sites for hydroxylation is 4. The molecule has 51 heavy (non-hydrogen) atoms. The minimum absolute atomic E-state index is 0.247. The summed E-state index contributed by atoms with van der Waals surface area (Å²) in [5, 5.41) is 0. The molecule has 0 heterocycles. The Balaban J connectivity index is 1.29. The molecule has 0 aliphatic rings. The molecule has 0 saturated heterocycles. The van der Waals surface area contributed by atoms with Gasteiger partial charge < -0.3 is 0 Å². The molecule has 6 aromatic rings. The molecule has 7 heteroatoms. The number of rotatable bonds is 12. The summed E-state index contributed by atoms with van der Waals surface area (Å²) in [6.45, 7) is 7.71. The molecule has 0 nitrogen and oxygen atoms in total. The van der Waals surface area contributed by atoms with Crippen LogP contribution in [0.3, 0.4) is 0 Å². The first-order valence-corrected chi connectivity index (χ1v) is 20.5. The molecule has 0 fully saturated rings. The van der Waals surface area contributed by atoms with Crippen LogP contribution in [0.1, 0.15) is 49.9 Å². The molecule has 0 radical (unpaired) electrons. The van der Waals surface area contributed by atoms with Crippen molar-refractivity contribution in [3.05, 3.63) is 167 Å². The number of hydrogen-bond acceptors (Lipinski definition) is 1. The second kappa shape index (κ2) is 16.6. The molecule has 0 saturated carbocycles. The van der Waals surface area contributed by atoms with E-state index in [4.69, 9.17) is 0 Å².